The first kappa shape index (κ1) is 13.4. The van der Waals surface area contributed by atoms with Crippen molar-refractivity contribution in [2.24, 2.45) is 0 Å². The van der Waals surface area contributed by atoms with Crippen LogP contribution in [-0.2, 0) is 15.4 Å². The van der Waals surface area contributed by atoms with Crippen molar-refractivity contribution in [1.29, 1.82) is 0 Å². The maximum Gasteiger partial charge on any atom is 0.417 e. The summed E-state index contributed by atoms with van der Waals surface area (Å²) in [5, 5.41) is -0.523. The van der Waals surface area contributed by atoms with Crippen LogP contribution in [0, 0.1) is 0 Å². The number of halogens is 5. The highest BCUT2D eigenvalue weighted by Gasteiger charge is 2.33. The number of rotatable bonds is 2. The van der Waals surface area contributed by atoms with Crippen molar-refractivity contribution in [2.75, 3.05) is 4.72 Å². The number of hydrogen-bond donors (Lipinski definition) is 1. The van der Waals surface area contributed by atoms with Crippen molar-refractivity contribution in [1.82, 2.24) is 0 Å². The van der Waals surface area contributed by atoms with E-state index in [4.69, 9.17) is 22.3 Å². The summed E-state index contributed by atoms with van der Waals surface area (Å²) in [6.45, 7) is 0. The molecule has 0 spiro atoms. The maximum absolute atomic E-state index is 12.4. The SMILES string of the molecule is O=S(=O)(Cl)Nc1ccc(Cl)c(C(F)(F)F)c1. The zero-order valence-electron chi connectivity index (χ0n) is 7.35. The van der Waals surface area contributed by atoms with Crippen molar-refractivity contribution < 1.29 is 21.6 Å². The summed E-state index contributed by atoms with van der Waals surface area (Å²) in [5.41, 5.74) is -1.45. The second kappa shape index (κ2) is 4.31. The quantitative estimate of drug-likeness (QED) is 0.851. The van der Waals surface area contributed by atoms with Gasteiger partial charge < -0.3 is 0 Å². The summed E-state index contributed by atoms with van der Waals surface area (Å²) in [4.78, 5) is 0. The Morgan fingerprint density at radius 3 is 2.25 bits per heavy atom. The van der Waals surface area contributed by atoms with Gasteiger partial charge in [-0.15, -0.1) is 0 Å². The Hall–Kier alpha value is -0.660. The third-order valence-electron chi connectivity index (χ3n) is 1.51. The van der Waals surface area contributed by atoms with Crippen LogP contribution in [0.3, 0.4) is 0 Å². The van der Waals surface area contributed by atoms with Crippen LogP contribution in [0.2, 0.25) is 5.02 Å². The van der Waals surface area contributed by atoms with Gasteiger partial charge in [-0.2, -0.15) is 21.6 Å². The van der Waals surface area contributed by atoms with Gasteiger partial charge in [0.15, 0.2) is 0 Å². The molecule has 0 radical (unpaired) electrons. The average Bonchev–Trinajstić information content (AvgIpc) is 2.04. The van der Waals surface area contributed by atoms with Gasteiger partial charge in [0.25, 0.3) is 0 Å². The molecule has 0 saturated heterocycles. The Balaban J connectivity index is 3.18. The molecule has 0 aliphatic rings. The van der Waals surface area contributed by atoms with E-state index in [9.17, 15) is 21.6 Å². The van der Waals surface area contributed by atoms with Crippen LogP contribution in [-0.4, -0.2) is 8.42 Å². The molecule has 0 atom stereocenters. The van der Waals surface area contributed by atoms with Crippen LogP contribution in [0.15, 0.2) is 18.2 Å². The number of alkyl halides is 3. The monoisotopic (exact) mass is 293 g/mol. The molecule has 1 aromatic rings. The molecular formula is C7H4Cl2F3NO2S. The van der Waals surface area contributed by atoms with Gasteiger partial charge in [0, 0.05) is 10.7 Å². The van der Waals surface area contributed by atoms with Crippen LogP contribution < -0.4 is 4.72 Å². The fraction of sp³-hybridized carbons (Fsp3) is 0.143. The Morgan fingerprint density at radius 1 is 1.25 bits per heavy atom. The fourth-order valence-electron chi connectivity index (χ4n) is 0.947. The van der Waals surface area contributed by atoms with Gasteiger partial charge >= 0.3 is 15.4 Å². The fourth-order valence-corrected chi connectivity index (χ4v) is 1.85. The normalized spacial score (nSPS) is 12.6. The summed E-state index contributed by atoms with van der Waals surface area (Å²) in [7, 11) is 0.680. The van der Waals surface area contributed by atoms with Gasteiger partial charge in [-0.05, 0) is 18.2 Å². The topological polar surface area (TPSA) is 46.2 Å². The minimum atomic E-state index is -4.66. The molecule has 16 heavy (non-hydrogen) atoms. The lowest BCUT2D eigenvalue weighted by Gasteiger charge is -2.10. The van der Waals surface area contributed by atoms with Gasteiger partial charge in [-0.3, -0.25) is 4.72 Å². The van der Waals surface area contributed by atoms with E-state index in [0.717, 1.165) is 12.1 Å². The summed E-state index contributed by atoms with van der Waals surface area (Å²) in [6, 6.07) is 2.55. The van der Waals surface area contributed by atoms with Crippen molar-refractivity contribution >= 4 is 37.2 Å². The van der Waals surface area contributed by atoms with E-state index in [1.54, 1.807) is 4.72 Å². The number of benzene rings is 1. The summed E-state index contributed by atoms with van der Waals surface area (Å²) < 4.78 is 60.0. The van der Waals surface area contributed by atoms with Gasteiger partial charge in [0.1, 0.15) is 0 Å². The average molecular weight is 294 g/mol. The molecule has 0 fully saturated rings. The maximum atomic E-state index is 12.4. The Morgan fingerprint density at radius 2 is 1.81 bits per heavy atom. The highest BCUT2D eigenvalue weighted by Crippen LogP contribution is 2.36. The zero-order valence-corrected chi connectivity index (χ0v) is 9.67. The molecular weight excluding hydrogens is 290 g/mol. The number of nitrogens with one attached hydrogen (secondary N) is 1. The van der Waals surface area contributed by atoms with E-state index in [2.05, 4.69) is 0 Å². The first-order chi connectivity index (χ1) is 7.09. The standard InChI is InChI=1S/C7H4Cl2F3NO2S/c8-6-2-1-4(13-16(9,14)15)3-5(6)7(10,11)12/h1-3,13H. The molecule has 0 saturated carbocycles. The van der Waals surface area contributed by atoms with Crippen molar-refractivity contribution in [3.05, 3.63) is 28.8 Å². The Labute approximate surface area is 98.7 Å². The minimum absolute atomic E-state index is 0.313. The molecule has 0 aliphatic carbocycles. The second-order valence-corrected chi connectivity index (χ2v) is 5.44. The second-order valence-electron chi connectivity index (χ2n) is 2.73. The molecule has 0 aliphatic heterocycles. The Kier molecular flexibility index (Phi) is 3.61. The number of anilines is 1. The van der Waals surface area contributed by atoms with Crippen LogP contribution in [0.4, 0.5) is 18.9 Å². The van der Waals surface area contributed by atoms with Gasteiger partial charge in [-0.25, -0.2) is 0 Å². The largest absolute Gasteiger partial charge is 0.417 e. The van der Waals surface area contributed by atoms with E-state index in [-0.39, 0.29) is 5.69 Å². The molecule has 90 valence electrons. The molecule has 0 amide bonds. The predicted molar refractivity (Wildman–Crippen MR) is 54.8 cm³/mol. The summed E-state index contributed by atoms with van der Waals surface area (Å²) >= 11 is 5.32. The molecule has 0 bridgehead atoms. The van der Waals surface area contributed by atoms with Gasteiger partial charge in [0.05, 0.1) is 16.3 Å². The summed E-state index contributed by atoms with van der Waals surface area (Å²) in [5.74, 6) is 0. The van der Waals surface area contributed by atoms with Crippen LogP contribution in [0.1, 0.15) is 5.56 Å². The van der Waals surface area contributed by atoms with Crippen LogP contribution in [0.5, 0.6) is 0 Å². The third-order valence-corrected chi connectivity index (χ3v) is 2.55. The lowest BCUT2D eigenvalue weighted by Crippen LogP contribution is -2.09. The lowest BCUT2D eigenvalue weighted by atomic mass is 10.2. The van der Waals surface area contributed by atoms with Gasteiger partial charge in [0.2, 0.25) is 0 Å². The molecule has 0 heterocycles. The molecule has 1 N–H and O–H groups in total. The molecule has 0 unspecified atom stereocenters. The van der Waals surface area contributed by atoms with Crippen molar-refractivity contribution in [2.45, 2.75) is 6.18 Å². The highest BCUT2D eigenvalue weighted by molar-refractivity contribution is 8.14. The molecule has 1 aromatic carbocycles. The van der Waals surface area contributed by atoms with Crippen LogP contribution in [0.25, 0.3) is 0 Å². The molecule has 1 rings (SSSR count). The van der Waals surface area contributed by atoms with Gasteiger partial charge in [-0.1, -0.05) is 11.6 Å². The van der Waals surface area contributed by atoms with E-state index in [1.165, 1.54) is 0 Å². The van der Waals surface area contributed by atoms with Crippen molar-refractivity contribution in [3.63, 3.8) is 0 Å². The van der Waals surface area contributed by atoms with E-state index >= 15 is 0 Å². The summed E-state index contributed by atoms with van der Waals surface area (Å²) in [6.07, 6.45) is -4.66. The number of hydrogen-bond acceptors (Lipinski definition) is 2. The van der Waals surface area contributed by atoms with Crippen LogP contribution >= 0.6 is 22.3 Å². The first-order valence-corrected chi connectivity index (χ1v) is 6.37. The lowest BCUT2D eigenvalue weighted by molar-refractivity contribution is -0.137. The third kappa shape index (κ3) is 3.73. The van der Waals surface area contributed by atoms with E-state index < -0.39 is 26.0 Å². The minimum Gasteiger partial charge on any atom is -0.271 e. The Bertz CT molecular complexity index is 501. The highest BCUT2D eigenvalue weighted by atomic mass is 35.7. The smallest absolute Gasteiger partial charge is 0.271 e. The molecule has 3 nitrogen and oxygen atoms in total. The van der Waals surface area contributed by atoms with E-state index in [0.29, 0.717) is 6.07 Å². The molecule has 0 aromatic heterocycles. The molecule has 9 heteroatoms. The van der Waals surface area contributed by atoms with Crippen molar-refractivity contribution in [3.8, 4) is 0 Å². The predicted octanol–water partition coefficient (Wildman–Crippen LogP) is 3.25. The zero-order chi connectivity index (χ0) is 12.6. The first-order valence-electron chi connectivity index (χ1n) is 3.69. The van der Waals surface area contributed by atoms with E-state index in [1.807, 2.05) is 0 Å².